The first-order valence-electron chi connectivity index (χ1n) is 14.0. The van der Waals surface area contributed by atoms with Gasteiger partial charge in [-0.1, -0.05) is 23.2 Å². The number of ether oxygens (including phenoxy) is 3. The molecule has 0 aliphatic carbocycles. The summed E-state index contributed by atoms with van der Waals surface area (Å²) in [5.41, 5.74) is 3.23. The summed E-state index contributed by atoms with van der Waals surface area (Å²) in [6.07, 6.45) is 5.42. The molecule has 6 rings (SSSR count). The second-order valence-corrected chi connectivity index (χ2v) is 11.6. The third-order valence-corrected chi connectivity index (χ3v) is 8.44. The van der Waals surface area contributed by atoms with Crippen LogP contribution in [0.3, 0.4) is 0 Å². The number of esters is 1. The van der Waals surface area contributed by atoms with Crippen LogP contribution >= 0.6 is 23.2 Å². The van der Waals surface area contributed by atoms with Crippen LogP contribution in [0.15, 0.2) is 48.7 Å². The maximum atomic E-state index is 12.2. The Morgan fingerprint density at radius 2 is 1.90 bits per heavy atom. The van der Waals surface area contributed by atoms with E-state index in [1.165, 1.54) is 7.11 Å². The molecule has 216 valence electrons. The van der Waals surface area contributed by atoms with Gasteiger partial charge in [0.1, 0.15) is 18.2 Å². The van der Waals surface area contributed by atoms with Gasteiger partial charge in [0.2, 0.25) is 0 Å². The van der Waals surface area contributed by atoms with Gasteiger partial charge in [-0.15, -0.1) is 0 Å². The summed E-state index contributed by atoms with van der Waals surface area (Å²) in [7, 11) is 1.40. The molecule has 9 nitrogen and oxygen atoms in total. The topological polar surface area (TPSA) is 83.6 Å². The molecule has 4 heterocycles. The van der Waals surface area contributed by atoms with Crippen molar-refractivity contribution in [1.29, 1.82) is 0 Å². The van der Waals surface area contributed by atoms with E-state index in [9.17, 15) is 4.79 Å². The van der Waals surface area contributed by atoms with Crippen LogP contribution in [-0.4, -0.2) is 63.1 Å². The number of piperidine rings is 1. The summed E-state index contributed by atoms with van der Waals surface area (Å²) in [5, 5.41) is 5.77. The number of aromatic nitrogens is 4. The summed E-state index contributed by atoms with van der Waals surface area (Å²) < 4.78 is 20.7. The lowest BCUT2D eigenvalue weighted by Gasteiger charge is -2.32. The van der Waals surface area contributed by atoms with E-state index in [0.717, 1.165) is 81.1 Å². The van der Waals surface area contributed by atoms with E-state index < -0.39 is 0 Å². The molecular formula is C30H33Cl2N5O4. The molecule has 0 radical (unpaired) electrons. The first-order chi connectivity index (χ1) is 19.9. The van der Waals surface area contributed by atoms with Gasteiger partial charge >= 0.3 is 5.97 Å². The fourth-order valence-electron chi connectivity index (χ4n) is 5.49. The lowest BCUT2D eigenvalue weighted by molar-refractivity contribution is -0.0592. The molecule has 2 aromatic heterocycles. The highest BCUT2D eigenvalue weighted by atomic mass is 35.5. The molecule has 1 atom stereocenters. The SMILES string of the molecule is COC(=O)c1ccc2nc(CN3CCC(Cn4ccc(COc5ccc(Cl)cc5Cl)n4)CC3)n(C[C@@H]3CCO3)c2c1. The highest BCUT2D eigenvalue weighted by Crippen LogP contribution is 2.29. The minimum Gasteiger partial charge on any atom is -0.486 e. The Kier molecular flexibility index (Phi) is 8.48. The van der Waals surface area contributed by atoms with Gasteiger partial charge in [-0.25, -0.2) is 9.78 Å². The Morgan fingerprint density at radius 3 is 2.63 bits per heavy atom. The molecular weight excluding hydrogens is 565 g/mol. The number of imidazole rings is 1. The van der Waals surface area contributed by atoms with Gasteiger partial charge in [0.15, 0.2) is 0 Å². The maximum absolute atomic E-state index is 12.2. The van der Waals surface area contributed by atoms with Gasteiger partial charge in [0, 0.05) is 24.4 Å². The molecule has 2 saturated heterocycles. The normalized spacial score (nSPS) is 18.0. The molecule has 0 spiro atoms. The average Bonchev–Trinajstić information content (AvgIpc) is 3.54. The molecule has 0 amide bonds. The number of halogens is 2. The van der Waals surface area contributed by atoms with Crippen molar-refractivity contribution < 1.29 is 19.0 Å². The summed E-state index contributed by atoms with van der Waals surface area (Å²) in [4.78, 5) is 19.6. The van der Waals surface area contributed by atoms with Crippen molar-refractivity contribution in [3.63, 3.8) is 0 Å². The van der Waals surface area contributed by atoms with Gasteiger partial charge in [-0.3, -0.25) is 9.58 Å². The number of fused-ring (bicyclic) bond motifs is 1. The molecule has 4 aromatic rings. The van der Waals surface area contributed by atoms with Crippen molar-refractivity contribution in [3.05, 3.63) is 75.8 Å². The van der Waals surface area contributed by atoms with Crippen LogP contribution in [0.4, 0.5) is 0 Å². The summed E-state index contributed by atoms with van der Waals surface area (Å²) >= 11 is 12.2. The number of rotatable bonds is 10. The second kappa shape index (κ2) is 12.4. The predicted octanol–water partition coefficient (Wildman–Crippen LogP) is 5.61. The quantitative estimate of drug-likeness (QED) is 0.220. The number of hydrogen-bond acceptors (Lipinski definition) is 7. The zero-order valence-corrected chi connectivity index (χ0v) is 24.5. The van der Waals surface area contributed by atoms with Crippen LogP contribution in [-0.2, 0) is 35.7 Å². The number of benzene rings is 2. The number of methoxy groups -OCH3 is 1. The van der Waals surface area contributed by atoms with Crippen LogP contribution in [0, 0.1) is 5.92 Å². The molecule has 0 unspecified atom stereocenters. The minimum atomic E-state index is -0.342. The zero-order valence-electron chi connectivity index (χ0n) is 23.0. The Hall–Kier alpha value is -3.11. The Labute approximate surface area is 248 Å². The van der Waals surface area contributed by atoms with Crippen molar-refractivity contribution in [2.45, 2.75) is 51.6 Å². The van der Waals surface area contributed by atoms with E-state index in [4.69, 9.17) is 47.5 Å². The smallest absolute Gasteiger partial charge is 0.337 e. The van der Waals surface area contributed by atoms with Crippen molar-refractivity contribution >= 4 is 40.2 Å². The van der Waals surface area contributed by atoms with Crippen LogP contribution in [0.5, 0.6) is 5.75 Å². The summed E-state index contributed by atoms with van der Waals surface area (Å²) in [6, 6.07) is 12.8. The molecule has 2 fully saturated rings. The predicted molar refractivity (Wildman–Crippen MR) is 156 cm³/mol. The van der Waals surface area contributed by atoms with Gasteiger partial charge in [-0.2, -0.15) is 5.10 Å². The summed E-state index contributed by atoms with van der Waals surface area (Å²) in [6.45, 7) is 5.51. The Bertz CT molecular complexity index is 1520. The van der Waals surface area contributed by atoms with Crippen molar-refractivity contribution in [2.75, 3.05) is 26.8 Å². The van der Waals surface area contributed by atoms with E-state index in [-0.39, 0.29) is 12.1 Å². The molecule has 41 heavy (non-hydrogen) atoms. The fraction of sp³-hybridized carbons (Fsp3) is 0.433. The third-order valence-electron chi connectivity index (χ3n) is 7.91. The number of likely N-dealkylation sites (tertiary alicyclic amines) is 1. The van der Waals surface area contributed by atoms with Crippen LogP contribution < -0.4 is 4.74 Å². The average molecular weight is 599 g/mol. The van der Waals surface area contributed by atoms with E-state index >= 15 is 0 Å². The van der Waals surface area contributed by atoms with E-state index in [0.29, 0.717) is 33.9 Å². The molecule has 2 aliphatic heterocycles. The van der Waals surface area contributed by atoms with E-state index in [1.54, 1.807) is 24.3 Å². The Morgan fingerprint density at radius 1 is 1.07 bits per heavy atom. The highest BCUT2D eigenvalue weighted by Gasteiger charge is 2.25. The summed E-state index contributed by atoms with van der Waals surface area (Å²) in [5.74, 6) is 1.81. The number of hydrogen-bond donors (Lipinski definition) is 0. The van der Waals surface area contributed by atoms with Gasteiger partial charge in [-0.05, 0) is 80.7 Å². The largest absolute Gasteiger partial charge is 0.486 e. The van der Waals surface area contributed by atoms with E-state index in [2.05, 4.69) is 9.47 Å². The third kappa shape index (κ3) is 6.54. The molecule has 2 aromatic carbocycles. The lowest BCUT2D eigenvalue weighted by atomic mass is 9.97. The van der Waals surface area contributed by atoms with Crippen LogP contribution in [0.25, 0.3) is 11.0 Å². The number of nitrogens with zero attached hydrogens (tertiary/aromatic N) is 5. The monoisotopic (exact) mass is 597 g/mol. The maximum Gasteiger partial charge on any atom is 0.337 e. The highest BCUT2D eigenvalue weighted by molar-refractivity contribution is 6.35. The van der Waals surface area contributed by atoms with Gasteiger partial charge in [0.25, 0.3) is 0 Å². The van der Waals surface area contributed by atoms with Crippen molar-refractivity contribution in [1.82, 2.24) is 24.2 Å². The number of carbonyl (C=O) groups excluding carboxylic acids is 1. The molecule has 0 N–H and O–H groups in total. The zero-order chi connectivity index (χ0) is 28.3. The standard InChI is InChI=1S/C30H33Cl2N5O4/c1-39-30(38)21-2-4-26-27(14-21)37(17-24-9-13-40-24)29(33-26)18-35-10-6-20(7-11-35)16-36-12-8-23(34-36)19-41-28-5-3-22(31)15-25(28)32/h2-5,8,12,14-15,20,24H,6-7,9-11,13,16-19H2,1H3/t24-/m0/s1. The van der Waals surface area contributed by atoms with Crippen molar-refractivity contribution in [2.24, 2.45) is 5.92 Å². The Balaban J connectivity index is 1.05. The second-order valence-electron chi connectivity index (χ2n) is 10.7. The van der Waals surface area contributed by atoms with Crippen LogP contribution in [0.2, 0.25) is 10.0 Å². The van der Waals surface area contributed by atoms with E-state index in [1.807, 2.05) is 29.1 Å². The molecule has 2 aliphatic rings. The first-order valence-corrected chi connectivity index (χ1v) is 14.7. The molecule has 0 saturated carbocycles. The molecule has 11 heteroatoms. The fourth-order valence-corrected chi connectivity index (χ4v) is 5.96. The van der Waals surface area contributed by atoms with Crippen molar-refractivity contribution in [3.8, 4) is 5.75 Å². The minimum absolute atomic E-state index is 0.186. The van der Waals surface area contributed by atoms with Gasteiger partial charge in [0.05, 0.1) is 53.6 Å². The molecule has 0 bridgehead atoms. The first kappa shape index (κ1) is 28.0. The van der Waals surface area contributed by atoms with Gasteiger partial charge < -0.3 is 18.8 Å². The number of carbonyl (C=O) groups is 1. The lowest BCUT2D eigenvalue weighted by Crippen LogP contribution is -2.36. The van der Waals surface area contributed by atoms with Crippen LogP contribution in [0.1, 0.15) is 41.1 Å².